The summed E-state index contributed by atoms with van der Waals surface area (Å²) in [6.07, 6.45) is 3.44. The van der Waals surface area contributed by atoms with Gasteiger partial charge in [-0.1, -0.05) is 11.2 Å². The molecular formula is C21H18N4O3S. The largest absolute Gasteiger partial charge is 0.489 e. The van der Waals surface area contributed by atoms with Gasteiger partial charge < -0.3 is 9.26 Å². The van der Waals surface area contributed by atoms with Gasteiger partial charge >= 0.3 is 0 Å². The first-order valence-corrected chi connectivity index (χ1v) is 9.80. The number of aromatic nitrogens is 3. The van der Waals surface area contributed by atoms with Crippen molar-refractivity contribution in [3.05, 3.63) is 76.8 Å². The quantitative estimate of drug-likeness (QED) is 0.502. The lowest BCUT2D eigenvalue weighted by Crippen LogP contribution is -2.11. The Morgan fingerprint density at radius 3 is 2.90 bits per heavy atom. The predicted octanol–water partition coefficient (Wildman–Crippen LogP) is 4.64. The number of hydrogen-bond acceptors (Lipinski definition) is 7. The number of carbonyl (C=O) groups is 1. The third-order valence-corrected chi connectivity index (χ3v) is 5.10. The molecule has 1 amide bonds. The molecule has 8 heteroatoms. The molecular weight excluding hydrogens is 388 g/mol. The maximum Gasteiger partial charge on any atom is 0.257 e. The van der Waals surface area contributed by atoms with E-state index in [-0.39, 0.29) is 5.91 Å². The highest BCUT2D eigenvalue weighted by atomic mass is 32.1. The van der Waals surface area contributed by atoms with Crippen molar-refractivity contribution >= 4 is 22.4 Å². The van der Waals surface area contributed by atoms with Gasteiger partial charge in [0.05, 0.1) is 17.0 Å². The lowest BCUT2D eigenvalue weighted by atomic mass is 10.2. The zero-order valence-corrected chi connectivity index (χ0v) is 16.7. The number of anilines is 1. The molecule has 0 aliphatic rings. The van der Waals surface area contributed by atoms with Crippen LogP contribution in [0.4, 0.5) is 5.13 Å². The highest BCUT2D eigenvalue weighted by molar-refractivity contribution is 7.14. The number of aryl methyl sites for hydroxylation is 2. The van der Waals surface area contributed by atoms with Gasteiger partial charge in [-0.25, -0.2) is 4.98 Å². The molecule has 0 aliphatic heterocycles. The molecule has 3 aromatic heterocycles. The third kappa shape index (κ3) is 4.33. The average Bonchev–Trinajstić information content (AvgIpc) is 3.34. The standard InChI is InChI=1S/C21H18N4O3S/c1-13-18(14(2)28-25-13)11-27-17-7-3-5-15(9-17)20(26)24-21-23-19(12-29-21)16-6-4-8-22-10-16/h3-10,12H,11H2,1-2H3,(H,23,24,26). The highest BCUT2D eigenvalue weighted by Gasteiger charge is 2.13. The van der Waals surface area contributed by atoms with E-state index in [4.69, 9.17) is 9.26 Å². The second kappa shape index (κ2) is 8.24. The molecule has 0 unspecified atom stereocenters. The molecule has 4 rings (SSSR count). The molecule has 7 nitrogen and oxygen atoms in total. The molecule has 0 atom stereocenters. The van der Waals surface area contributed by atoms with Crippen LogP contribution < -0.4 is 10.1 Å². The fourth-order valence-corrected chi connectivity index (χ4v) is 3.45. The minimum absolute atomic E-state index is 0.250. The first-order valence-electron chi connectivity index (χ1n) is 8.92. The Morgan fingerprint density at radius 2 is 2.14 bits per heavy atom. The number of carbonyl (C=O) groups excluding carboxylic acids is 1. The summed E-state index contributed by atoms with van der Waals surface area (Å²) in [7, 11) is 0. The van der Waals surface area contributed by atoms with Crippen LogP contribution in [0.1, 0.15) is 27.4 Å². The Labute approximate surface area is 171 Å². The molecule has 0 bridgehead atoms. The van der Waals surface area contributed by atoms with Gasteiger partial charge in [-0.2, -0.15) is 0 Å². The van der Waals surface area contributed by atoms with E-state index >= 15 is 0 Å². The van der Waals surface area contributed by atoms with E-state index in [1.165, 1.54) is 11.3 Å². The summed E-state index contributed by atoms with van der Waals surface area (Å²) in [4.78, 5) is 21.2. The number of benzene rings is 1. The second-order valence-corrected chi connectivity index (χ2v) is 7.21. The number of rotatable bonds is 6. The minimum Gasteiger partial charge on any atom is -0.489 e. The summed E-state index contributed by atoms with van der Waals surface area (Å²) < 4.78 is 11.0. The van der Waals surface area contributed by atoms with Crippen molar-refractivity contribution in [2.45, 2.75) is 20.5 Å². The highest BCUT2D eigenvalue weighted by Crippen LogP contribution is 2.25. The number of pyridine rings is 1. The average molecular weight is 406 g/mol. The van der Waals surface area contributed by atoms with Crippen LogP contribution in [0.15, 0.2) is 58.7 Å². The van der Waals surface area contributed by atoms with Gasteiger partial charge in [0, 0.05) is 28.9 Å². The fourth-order valence-electron chi connectivity index (χ4n) is 2.74. The van der Waals surface area contributed by atoms with Gasteiger partial charge in [0.25, 0.3) is 5.91 Å². The van der Waals surface area contributed by atoms with Crippen molar-refractivity contribution in [1.29, 1.82) is 0 Å². The first kappa shape index (κ1) is 18.8. The van der Waals surface area contributed by atoms with Crippen LogP contribution in [0.2, 0.25) is 0 Å². The zero-order valence-electron chi connectivity index (χ0n) is 15.9. The summed E-state index contributed by atoms with van der Waals surface area (Å²) >= 11 is 1.36. The van der Waals surface area contributed by atoms with E-state index in [2.05, 4.69) is 20.4 Å². The van der Waals surface area contributed by atoms with Gasteiger partial charge in [0.1, 0.15) is 18.1 Å². The van der Waals surface area contributed by atoms with Crippen molar-refractivity contribution < 1.29 is 14.1 Å². The summed E-state index contributed by atoms with van der Waals surface area (Å²) in [5, 5.41) is 9.16. The van der Waals surface area contributed by atoms with Crippen LogP contribution in [0.25, 0.3) is 11.3 Å². The van der Waals surface area contributed by atoms with Crippen LogP contribution in [-0.4, -0.2) is 21.0 Å². The molecule has 29 heavy (non-hydrogen) atoms. The van der Waals surface area contributed by atoms with Gasteiger partial charge in [-0.15, -0.1) is 11.3 Å². The van der Waals surface area contributed by atoms with Crippen LogP contribution in [0.5, 0.6) is 5.75 Å². The number of nitrogens with zero attached hydrogens (tertiary/aromatic N) is 3. The Hall–Kier alpha value is -3.52. The van der Waals surface area contributed by atoms with Crippen molar-refractivity contribution in [2.75, 3.05) is 5.32 Å². The minimum atomic E-state index is -0.250. The number of thiazole rings is 1. The number of amides is 1. The van der Waals surface area contributed by atoms with Crippen molar-refractivity contribution in [3.8, 4) is 17.0 Å². The van der Waals surface area contributed by atoms with E-state index in [1.807, 2.05) is 31.4 Å². The topological polar surface area (TPSA) is 90.1 Å². The Kier molecular flexibility index (Phi) is 5.35. The second-order valence-electron chi connectivity index (χ2n) is 6.35. The first-order chi connectivity index (χ1) is 14.1. The van der Waals surface area contributed by atoms with Gasteiger partial charge in [0.2, 0.25) is 0 Å². The van der Waals surface area contributed by atoms with E-state index in [1.54, 1.807) is 36.7 Å². The molecule has 0 spiro atoms. The molecule has 3 heterocycles. The van der Waals surface area contributed by atoms with E-state index in [0.717, 1.165) is 28.3 Å². The molecule has 0 radical (unpaired) electrons. The summed E-state index contributed by atoms with van der Waals surface area (Å²) in [5.74, 6) is 1.07. The van der Waals surface area contributed by atoms with E-state index in [9.17, 15) is 4.79 Å². The molecule has 0 saturated heterocycles. The molecule has 146 valence electrons. The number of ether oxygens (including phenoxy) is 1. The molecule has 4 aromatic rings. The number of nitrogens with one attached hydrogen (secondary N) is 1. The number of hydrogen-bond donors (Lipinski definition) is 1. The lowest BCUT2D eigenvalue weighted by Gasteiger charge is -2.08. The predicted molar refractivity (Wildman–Crippen MR) is 110 cm³/mol. The zero-order chi connectivity index (χ0) is 20.2. The molecule has 0 fully saturated rings. The third-order valence-electron chi connectivity index (χ3n) is 4.34. The van der Waals surface area contributed by atoms with Gasteiger partial charge in [0.15, 0.2) is 5.13 Å². The van der Waals surface area contributed by atoms with E-state index in [0.29, 0.717) is 23.1 Å². The Balaban J connectivity index is 1.43. The van der Waals surface area contributed by atoms with Crippen LogP contribution in [-0.2, 0) is 6.61 Å². The van der Waals surface area contributed by atoms with Gasteiger partial charge in [-0.05, 0) is 44.2 Å². The normalized spacial score (nSPS) is 10.7. The van der Waals surface area contributed by atoms with Crippen LogP contribution >= 0.6 is 11.3 Å². The lowest BCUT2D eigenvalue weighted by molar-refractivity contribution is 0.102. The Morgan fingerprint density at radius 1 is 1.24 bits per heavy atom. The van der Waals surface area contributed by atoms with Crippen molar-refractivity contribution in [1.82, 2.24) is 15.1 Å². The van der Waals surface area contributed by atoms with Crippen molar-refractivity contribution in [3.63, 3.8) is 0 Å². The van der Waals surface area contributed by atoms with Crippen LogP contribution in [0.3, 0.4) is 0 Å². The summed E-state index contributed by atoms with van der Waals surface area (Å²) in [6, 6.07) is 10.8. The summed E-state index contributed by atoms with van der Waals surface area (Å²) in [6.45, 7) is 4.04. The molecule has 0 saturated carbocycles. The maximum absolute atomic E-state index is 12.6. The monoisotopic (exact) mass is 406 g/mol. The summed E-state index contributed by atoms with van der Waals surface area (Å²) in [5.41, 5.74) is 3.86. The van der Waals surface area contributed by atoms with E-state index < -0.39 is 0 Å². The van der Waals surface area contributed by atoms with Gasteiger partial charge in [-0.3, -0.25) is 15.1 Å². The SMILES string of the molecule is Cc1noc(C)c1COc1cccc(C(=O)Nc2nc(-c3cccnc3)cs2)c1. The molecule has 1 N–H and O–H groups in total. The maximum atomic E-state index is 12.6. The smallest absolute Gasteiger partial charge is 0.257 e. The van der Waals surface area contributed by atoms with Crippen molar-refractivity contribution in [2.24, 2.45) is 0 Å². The molecule has 0 aliphatic carbocycles. The van der Waals surface area contributed by atoms with Crippen LogP contribution in [0, 0.1) is 13.8 Å². The Bertz CT molecular complexity index is 1120. The molecule has 1 aromatic carbocycles. The fraction of sp³-hybridized carbons (Fsp3) is 0.143.